The zero-order chi connectivity index (χ0) is 12.5. The topological polar surface area (TPSA) is 8.17 Å². The molecule has 1 aromatic heterocycles. The van der Waals surface area contributed by atoms with Gasteiger partial charge in [0, 0.05) is 31.0 Å². The minimum absolute atomic E-state index is 0.325. The molecule has 0 saturated carbocycles. The second-order valence-corrected chi connectivity index (χ2v) is 6.51. The van der Waals surface area contributed by atoms with Crippen LogP contribution in [0.15, 0.2) is 18.5 Å². The molecule has 0 aliphatic carbocycles. The molecule has 1 aliphatic rings. The predicted octanol–water partition coefficient (Wildman–Crippen LogP) is 3.31. The summed E-state index contributed by atoms with van der Waals surface area (Å²) in [5, 5.41) is 0. The van der Waals surface area contributed by atoms with Crippen LogP contribution < -0.4 is 0 Å². The first-order valence-corrected chi connectivity index (χ1v) is 6.82. The molecule has 1 aromatic rings. The zero-order valence-corrected chi connectivity index (χ0v) is 11.7. The third kappa shape index (κ3) is 3.35. The summed E-state index contributed by atoms with van der Waals surface area (Å²) in [6.45, 7) is 12.9. The number of hydrogen-bond donors (Lipinski definition) is 0. The van der Waals surface area contributed by atoms with E-state index in [4.69, 9.17) is 0 Å². The van der Waals surface area contributed by atoms with E-state index in [1.165, 1.54) is 38.0 Å². The van der Waals surface area contributed by atoms with Gasteiger partial charge >= 0.3 is 0 Å². The molecule has 0 aromatic carbocycles. The molecule has 0 N–H and O–H groups in total. The van der Waals surface area contributed by atoms with Gasteiger partial charge in [-0.15, -0.1) is 0 Å². The minimum atomic E-state index is 0.325. The molecule has 1 aliphatic heterocycles. The molecular weight excluding hydrogens is 208 g/mol. The van der Waals surface area contributed by atoms with Gasteiger partial charge in [0.25, 0.3) is 0 Å². The molecule has 17 heavy (non-hydrogen) atoms. The molecule has 0 amide bonds. The molecule has 1 fully saturated rings. The Morgan fingerprint density at radius 1 is 1.35 bits per heavy atom. The van der Waals surface area contributed by atoms with Gasteiger partial charge in [0.05, 0.1) is 0 Å². The van der Waals surface area contributed by atoms with E-state index in [0.29, 0.717) is 5.54 Å². The number of piperidine rings is 1. The molecule has 2 rings (SSSR count). The van der Waals surface area contributed by atoms with Crippen molar-refractivity contribution in [1.82, 2.24) is 9.47 Å². The third-order valence-electron chi connectivity index (χ3n) is 3.84. The van der Waals surface area contributed by atoms with Gasteiger partial charge in [-0.05, 0) is 64.6 Å². The van der Waals surface area contributed by atoms with Crippen LogP contribution in [0, 0.1) is 12.8 Å². The Kier molecular flexibility index (Phi) is 3.62. The van der Waals surface area contributed by atoms with Gasteiger partial charge in [-0.25, -0.2) is 0 Å². The van der Waals surface area contributed by atoms with Crippen LogP contribution >= 0.6 is 0 Å². The SMILES string of the molecule is Cc1ccn(CC2CCCN(C(C)(C)C)C2)c1. The Hall–Kier alpha value is -0.760. The maximum absolute atomic E-state index is 2.64. The lowest BCUT2D eigenvalue weighted by Gasteiger charge is -2.41. The second kappa shape index (κ2) is 4.85. The van der Waals surface area contributed by atoms with E-state index in [2.05, 4.69) is 55.6 Å². The van der Waals surface area contributed by atoms with Crippen molar-refractivity contribution in [2.45, 2.75) is 52.6 Å². The fraction of sp³-hybridized carbons (Fsp3) is 0.733. The first-order chi connectivity index (χ1) is 7.95. The quantitative estimate of drug-likeness (QED) is 0.762. The highest BCUT2D eigenvalue weighted by molar-refractivity contribution is 5.07. The molecule has 0 radical (unpaired) electrons. The zero-order valence-electron chi connectivity index (χ0n) is 11.7. The number of aryl methyl sites for hydroxylation is 1. The van der Waals surface area contributed by atoms with Crippen LogP contribution in [0.1, 0.15) is 39.2 Å². The van der Waals surface area contributed by atoms with E-state index in [1.807, 2.05) is 0 Å². The van der Waals surface area contributed by atoms with Gasteiger partial charge in [0.2, 0.25) is 0 Å². The first-order valence-electron chi connectivity index (χ1n) is 6.82. The molecule has 0 bridgehead atoms. The van der Waals surface area contributed by atoms with Crippen molar-refractivity contribution in [3.8, 4) is 0 Å². The fourth-order valence-electron chi connectivity index (χ4n) is 2.80. The standard InChI is InChI=1S/C15H26N2/c1-13-7-9-16(10-13)11-14-6-5-8-17(12-14)15(2,3)4/h7,9-10,14H,5-6,8,11-12H2,1-4H3. The fourth-order valence-corrected chi connectivity index (χ4v) is 2.80. The average Bonchev–Trinajstić information content (AvgIpc) is 2.63. The van der Waals surface area contributed by atoms with Crippen LogP contribution in [0.4, 0.5) is 0 Å². The Labute approximate surface area is 106 Å². The van der Waals surface area contributed by atoms with Crippen molar-refractivity contribution in [2.75, 3.05) is 13.1 Å². The van der Waals surface area contributed by atoms with Gasteiger partial charge in [-0.3, -0.25) is 4.90 Å². The van der Waals surface area contributed by atoms with Crippen molar-refractivity contribution >= 4 is 0 Å². The van der Waals surface area contributed by atoms with E-state index in [9.17, 15) is 0 Å². The van der Waals surface area contributed by atoms with E-state index in [-0.39, 0.29) is 0 Å². The number of rotatable bonds is 2. The monoisotopic (exact) mass is 234 g/mol. The van der Waals surface area contributed by atoms with Crippen LogP contribution in [0.5, 0.6) is 0 Å². The van der Waals surface area contributed by atoms with Gasteiger partial charge in [0.15, 0.2) is 0 Å². The number of hydrogen-bond acceptors (Lipinski definition) is 1. The summed E-state index contributed by atoms with van der Waals surface area (Å²) in [5.74, 6) is 0.815. The second-order valence-electron chi connectivity index (χ2n) is 6.51. The van der Waals surface area contributed by atoms with Crippen molar-refractivity contribution < 1.29 is 0 Å². The Morgan fingerprint density at radius 3 is 2.71 bits per heavy atom. The summed E-state index contributed by atoms with van der Waals surface area (Å²) in [6, 6.07) is 2.20. The smallest absolute Gasteiger partial charge is 0.0260 e. The van der Waals surface area contributed by atoms with Crippen LogP contribution in [0.2, 0.25) is 0 Å². The molecule has 1 saturated heterocycles. The van der Waals surface area contributed by atoms with E-state index < -0.39 is 0 Å². The Morgan fingerprint density at radius 2 is 2.12 bits per heavy atom. The van der Waals surface area contributed by atoms with Gasteiger partial charge < -0.3 is 4.57 Å². The van der Waals surface area contributed by atoms with Crippen LogP contribution in [0.25, 0.3) is 0 Å². The largest absolute Gasteiger partial charge is 0.354 e. The molecular formula is C15H26N2. The molecule has 2 heterocycles. The minimum Gasteiger partial charge on any atom is -0.354 e. The number of likely N-dealkylation sites (tertiary alicyclic amines) is 1. The van der Waals surface area contributed by atoms with E-state index in [1.54, 1.807) is 0 Å². The number of aromatic nitrogens is 1. The van der Waals surface area contributed by atoms with Gasteiger partial charge in [-0.2, -0.15) is 0 Å². The average molecular weight is 234 g/mol. The van der Waals surface area contributed by atoms with Crippen LogP contribution in [-0.4, -0.2) is 28.1 Å². The number of nitrogens with zero attached hydrogens (tertiary/aromatic N) is 2. The maximum atomic E-state index is 2.64. The summed E-state index contributed by atoms with van der Waals surface area (Å²) in [5.41, 5.74) is 1.69. The van der Waals surface area contributed by atoms with Crippen molar-refractivity contribution in [3.63, 3.8) is 0 Å². The molecule has 1 unspecified atom stereocenters. The summed E-state index contributed by atoms with van der Waals surface area (Å²) < 4.78 is 2.35. The summed E-state index contributed by atoms with van der Waals surface area (Å²) >= 11 is 0. The Bertz CT molecular complexity index is 359. The normalized spacial score (nSPS) is 22.9. The lowest BCUT2D eigenvalue weighted by Crippen LogP contribution is -2.47. The lowest BCUT2D eigenvalue weighted by atomic mass is 9.93. The maximum Gasteiger partial charge on any atom is 0.0260 e. The third-order valence-corrected chi connectivity index (χ3v) is 3.84. The van der Waals surface area contributed by atoms with Crippen molar-refractivity contribution in [2.24, 2.45) is 5.92 Å². The van der Waals surface area contributed by atoms with E-state index >= 15 is 0 Å². The summed E-state index contributed by atoms with van der Waals surface area (Å²) in [6.07, 6.45) is 7.20. The van der Waals surface area contributed by atoms with Crippen molar-refractivity contribution in [3.05, 3.63) is 24.0 Å². The Balaban J connectivity index is 1.94. The van der Waals surface area contributed by atoms with E-state index in [0.717, 1.165) is 5.92 Å². The molecule has 0 spiro atoms. The van der Waals surface area contributed by atoms with Crippen molar-refractivity contribution in [1.29, 1.82) is 0 Å². The molecule has 96 valence electrons. The van der Waals surface area contributed by atoms with Crippen LogP contribution in [-0.2, 0) is 6.54 Å². The first kappa shape index (κ1) is 12.7. The molecule has 2 nitrogen and oxygen atoms in total. The van der Waals surface area contributed by atoms with Gasteiger partial charge in [-0.1, -0.05) is 0 Å². The summed E-state index contributed by atoms with van der Waals surface area (Å²) in [7, 11) is 0. The highest BCUT2D eigenvalue weighted by atomic mass is 15.2. The van der Waals surface area contributed by atoms with Crippen LogP contribution in [0.3, 0.4) is 0 Å². The lowest BCUT2D eigenvalue weighted by molar-refractivity contribution is 0.0734. The summed E-state index contributed by atoms with van der Waals surface area (Å²) in [4.78, 5) is 2.64. The predicted molar refractivity (Wildman–Crippen MR) is 73.2 cm³/mol. The van der Waals surface area contributed by atoms with Gasteiger partial charge in [0.1, 0.15) is 0 Å². The highest BCUT2D eigenvalue weighted by Gasteiger charge is 2.27. The molecule has 1 atom stereocenters. The highest BCUT2D eigenvalue weighted by Crippen LogP contribution is 2.24. The molecule has 2 heteroatoms.